The van der Waals surface area contributed by atoms with Gasteiger partial charge >= 0.3 is 0 Å². The van der Waals surface area contributed by atoms with Crippen LogP contribution in [0, 0.1) is 0 Å². The maximum absolute atomic E-state index is 4.04. The predicted octanol–water partition coefficient (Wildman–Crippen LogP) is 3.06. The van der Waals surface area contributed by atoms with Gasteiger partial charge in [0.2, 0.25) is 0 Å². The van der Waals surface area contributed by atoms with E-state index in [0.29, 0.717) is 0 Å². The molecule has 4 nitrogen and oxygen atoms in total. The van der Waals surface area contributed by atoms with Gasteiger partial charge in [-0.15, -0.1) is 0 Å². The van der Waals surface area contributed by atoms with Crippen LogP contribution in [-0.2, 0) is 26.2 Å². The van der Waals surface area contributed by atoms with E-state index in [4.69, 9.17) is 0 Å². The van der Waals surface area contributed by atoms with Gasteiger partial charge in [-0.05, 0) is 46.5 Å². The molecule has 122 valence electrons. The lowest BCUT2D eigenvalue weighted by Gasteiger charge is -2.08. The first-order valence-corrected chi connectivity index (χ1v) is 8.17. The monoisotopic (exact) mass is 318 g/mol. The van der Waals surface area contributed by atoms with Crippen molar-refractivity contribution in [2.75, 3.05) is 0 Å². The van der Waals surface area contributed by atoms with E-state index in [1.807, 2.05) is 49.1 Å². The summed E-state index contributed by atoms with van der Waals surface area (Å²) in [5, 5.41) is 6.94. The molecule has 0 atom stereocenters. The Morgan fingerprint density at radius 1 is 0.542 bits per heavy atom. The highest BCUT2D eigenvalue weighted by molar-refractivity contribution is 5.23. The Kier molecular flexibility index (Phi) is 6.05. The van der Waals surface area contributed by atoms with E-state index in [2.05, 4.69) is 44.9 Å². The number of aromatic nitrogens is 2. The first-order valence-electron chi connectivity index (χ1n) is 8.17. The molecule has 0 bridgehead atoms. The van der Waals surface area contributed by atoms with E-state index in [-0.39, 0.29) is 0 Å². The summed E-state index contributed by atoms with van der Waals surface area (Å²) in [7, 11) is 0. The molecule has 24 heavy (non-hydrogen) atoms. The Hall–Kier alpha value is -2.56. The molecule has 2 aromatic heterocycles. The summed E-state index contributed by atoms with van der Waals surface area (Å²) in [6.45, 7) is 3.43. The van der Waals surface area contributed by atoms with Gasteiger partial charge < -0.3 is 10.6 Å². The lowest BCUT2D eigenvalue weighted by Crippen LogP contribution is -2.14. The molecule has 2 heterocycles. The minimum absolute atomic E-state index is 0.854. The maximum Gasteiger partial charge on any atom is 0.0271 e. The van der Waals surface area contributed by atoms with Crippen LogP contribution in [0.2, 0.25) is 0 Å². The number of benzene rings is 1. The molecule has 0 unspecified atom stereocenters. The molecule has 0 aliphatic heterocycles. The predicted molar refractivity (Wildman–Crippen MR) is 96.0 cm³/mol. The standard InChI is InChI=1S/C20H22N4/c1-2-19(15-23-13-17-4-8-21-9-5-17)12-20(3-1)16-24-14-18-6-10-22-11-7-18/h1-12,23-24H,13-16H2. The maximum atomic E-state index is 4.04. The van der Waals surface area contributed by atoms with Gasteiger partial charge in [-0.3, -0.25) is 9.97 Å². The van der Waals surface area contributed by atoms with Crippen LogP contribution in [-0.4, -0.2) is 9.97 Å². The molecule has 0 aliphatic carbocycles. The normalized spacial score (nSPS) is 10.7. The highest BCUT2D eigenvalue weighted by atomic mass is 14.9. The van der Waals surface area contributed by atoms with Crippen LogP contribution < -0.4 is 10.6 Å². The van der Waals surface area contributed by atoms with Crippen LogP contribution in [0.5, 0.6) is 0 Å². The van der Waals surface area contributed by atoms with E-state index in [1.165, 1.54) is 22.3 Å². The van der Waals surface area contributed by atoms with Gasteiger partial charge in [0.05, 0.1) is 0 Å². The number of nitrogens with zero attached hydrogens (tertiary/aromatic N) is 2. The average molecular weight is 318 g/mol. The number of hydrogen-bond donors (Lipinski definition) is 2. The van der Waals surface area contributed by atoms with Crippen LogP contribution in [0.25, 0.3) is 0 Å². The summed E-state index contributed by atoms with van der Waals surface area (Å²) in [5.41, 5.74) is 5.10. The van der Waals surface area contributed by atoms with Gasteiger partial charge in [-0.25, -0.2) is 0 Å². The fourth-order valence-corrected chi connectivity index (χ4v) is 2.55. The van der Waals surface area contributed by atoms with Crippen molar-refractivity contribution in [2.45, 2.75) is 26.2 Å². The largest absolute Gasteiger partial charge is 0.309 e. The van der Waals surface area contributed by atoms with E-state index in [9.17, 15) is 0 Å². The molecule has 0 saturated carbocycles. The number of rotatable bonds is 8. The van der Waals surface area contributed by atoms with Crippen molar-refractivity contribution in [3.05, 3.63) is 95.6 Å². The van der Waals surface area contributed by atoms with Crippen molar-refractivity contribution >= 4 is 0 Å². The smallest absolute Gasteiger partial charge is 0.0271 e. The zero-order valence-electron chi connectivity index (χ0n) is 13.7. The van der Waals surface area contributed by atoms with Gasteiger partial charge in [-0.1, -0.05) is 24.3 Å². The van der Waals surface area contributed by atoms with Crippen LogP contribution in [0.15, 0.2) is 73.3 Å². The van der Waals surface area contributed by atoms with Gasteiger partial charge in [0.15, 0.2) is 0 Å². The number of nitrogens with one attached hydrogen (secondary N) is 2. The Balaban J connectivity index is 1.45. The first-order chi connectivity index (χ1) is 11.9. The summed E-state index contributed by atoms with van der Waals surface area (Å²) in [6, 6.07) is 16.8. The summed E-state index contributed by atoms with van der Waals surface area (Å²) in [4.78, 5) is 8.07. The molecule has 2 N–H and O–H groups in total. The Morgan fingerprint density at radius 3 is 1.42 bits per heavy atom. The summed E-state index contributed by atoms with van der Waals surface area (Å²) in [6.07, 6.45) is 7.30. The third-order valence-corrected chi connectivity index (χ3v) is 3.81. The Labute approximate surface area is 143 Å². The second-order valence-electron chi connectivity index (χ2n) is 5.74. The van der Waals surface area contributed by atoms with Gasteiger partial charge in [0.1, 0.15) is 0 Å². The van der Waals surface area contributed by atoms with E-state index in [1.54, 1.807) is 0 Å². The molecule has 4 heteroatoms. The van der Waals surface area contributed by atoms with Gasteiger partial charge in [0.25, 0.3) is 0 Å². The third kappa shape index (κ3) is 5.26. The highest BCUT2D eigenvalue weighted by Gasteiger charge is 1.98. The van der Waals surface area contributed by atoms with Gasteiger partial charge in [-0.2, -0.15) is 0 Å². The minimum Gasteiger partial charge on any atom is -0.309 e. The Bertz CT molecular complexity index is 668. The molecule has 0 aliphatic rings. The number of hydrogen-bond acceptors (Lipinski definition) is 4. The zero-order valence-corrected chi connectivity index (χ0v) is 13.7. The topological polar surface area (TPSA) is 49.8 Å². The van der Waals surface area contributed by atoms with Crippen molar-refractivity contribution in [3.8, 4) is 0 Å². The fourth-order valence-electron chi connectivity index (χ4n) is 2.55. The Morgan fingerprint density at radius 2 is 0.958 bits per heavy atom. The molecular weight excluding hydrogens is 296 g/mol. The molecule has 0 saturated heterocycles. The quantitative estimate of drug-likeness (QED) is 0.670. The molecular formula is C20H22N4. The second kappa shape index (κ2) is 8.91. The first kappa shape index (κ1) is 16.3. The van der Waals surface area contributed by atoms with Crippen molar-refractivity contribution in [1.29, 1.82) is 0 Å². The summed E-state index contributed by atoms with van der Waals surface area (Å²) >= 11 is 0. The minimum atomic E-state index is 0.854. The highest BCUT2D eigenvalue weighted by Crippen LogP contribution is 2.06. The zero-order chi connectivity index (χ0) is 16.5. The SMILES string of the molecule is c1cc(CNCc2ccncc2)cc(CNCc2ccncc2)c1. The average Bonchev–Trinajstić information content (AvgIpc) is 2.64. The molecule has 1 aromatic carbocycles. The van der Waals surface area contributed by atoms with Crippen LogP contribution in [0.3, 0.4) is 0 Å². The summed E-state index contributed by atoms with van der Waals surface area (Å²) < 4.78 is 0. The molecule has 0 spiro atoms. The van der Waals surface area contributed by atoms with Crippen LogP contribution in [0.1, 0.15) is 22.3 Å². The molecule has 0 amide bonds. The van der Waals surface area contributed by atoms with Crippen molar-refractivity contribution in [2.24, 2.45) is 0 Å². The number of pyridine rings is 2. The molecule has 3 rings (SSSR count). The van der Waals surface area contributed by atoms with E-state index >= 15 is 0 Å². The van der Waals surface area contributed by atoms with Crippen molar-refractivity contribution < 1.29 is 0 Å². The third-order valence-electron chi connectivity index (χ3n) is 3.81. The fraction of sp³-hybridized carbons (Fsp3) is 0.200. The van der Waals surface area contributed by atoms with Crippen LogP contribution in [0.4, 0.5) is 0 Å². The lowest BCUT2D eigenvalue weighted by atomic mass is 10.1. The molecule has 0 radical (unpaired) electrons. The van der Waals surface area contributed by atoms with Crippen molar-refractivity contribution in [3.63, 3.8) is 0 Å². The van der Waals surface area contributed by atoms with E-state index in [0.717, 1.165) is 26.2 Å². The molecule has 0 fully saturated rings. The van der Waals surface area contributed by atoms with Crippen LogP contribution >= 0.6 is 0 Å². The lowest BCUT2D eigenvalue weighted by molar-refractivity contribution is 0.680. The van der Waals surface area contributed by atoms with Crippen molar-refractivity contribution in [1.82, 2.24) is 20.6 Å². The van der Waals surface area contributed by atoms with Gasteiger partial charge in [0, 0.05) is 51.0 Å². The van der Waals surface area contributed by atoms with E-state index < -0.39 is 0 Å². The molecule has 3 aromatic rings. The summed E-state index contributed by atoms with van der Waals surface area (Å²) in [5.74, 6) is 0. The second-order valence-corrected chi connectivity index (χ2v) is 5.74.